The van der Waals surface area contributed by atoms with Gasteiger partial charge in [-0.25, -0.2) is 0 Å². The van der Waals surface area contributed by atoms with E-state index in [1.54, 1.807) is 0 Å². The molecule has 2 aromatic carbocycles. The van der Waals surface area contributed by atoms with Gasteiger partial charge in [0.25, 0.3) is 0 Å². The fourth-order valence-corrected chi connectivity index (χ4v) is 2.68. The molecule has 0 atom stereocenters. The highest BCUT2D eigenvalue weighted by molar-refractivity contribution is 5.70. The summed E-state index contributed by atoms with van der Waals surface area (Å²) in [5.41, 5.74) is 4.88. The smallest absolute Gasteiger partial charge is 0.0723 e. The van der Waals surface area contributed by atoms with Gasteiger partial charge in [-0.2, -0.15) is 0 Å². The summed E-state index contributed by atoms with van der Waals surface area (Å²) in [7, 11) is 8.24. The summed E-state index contributed by atoms with van der Waals surface area (Å²) in [4.78, 5) is 4.26. The van der Waals surface area contributed by atoms with Crippen molar-refractivity contribution in [3.05, 3.63) is 59.7 Å². The number of hydrogen-bond donors (Lipinski definition) is 0. The van der Waals surface area contributed by atoms with E-state index in [2.05, 4.69) is 86.5 Å². The Hall–Kier alpha value is -1.72. The van der Waals surface area contributed by atoms with E-state index >= 15 is 0 Å². The van der Waals surface area contributed by atoms with E-state index in [1.165, 1.54) is 22.3 Å². The predicted molar refractivity (Wildman–Crippen MR) is 108 cm³/mol. The monoisotopic (exact) mass is 356 g/mol. The average molecular weight is 357 g/mol. The van der Waals surface area contributed by atoms with E-state index in [0.717, 1.165) is 26.3 Å². The molecule has 0 amide bonds. The third-order valence-corrected chi connectivity index (χ3v) is 4.21. The minimum Gasteiger partial charge on any atom is -0.375 e. The Labute approximate surface area is 158 Å². The van der Waals surface area contributed by atoms with Gasteiger partial charge in [-0.15, -0.1) is 0 Å². The van der Waals surface area contributed by atoms with E-state index in [4.69, 9.17) is 9.47 Å². The Morgan fingerprint density at radius 1 is 0.615 bits per heavy atom. The third kappa shape index (κ3) is 6.89. The summed E-state index contributed by atoms with van der Waals surface area (Å²) in [5, 5.41) is 0. The molecule has 4 heteroatoms. The van der Waals surface area contributed by atoms with Gasteiger partial charge in [0, 0.05) is 13.1 Å². The predicted octanol–water partition coefficient (Wildman–Crippen LogP) is 3.51. The summed E-state index contributed by atoms with van der Waals surface area (Å²) >= 11 is 0. The molecule has 0 aliphatic rings. The second kappa shape index (κ2) is 11.1. The molecule has 0 spiro atoms. The Morgan fingerprint density at radius 3 is 1.38 bits per heavy atom. The normalized spacial score (nSPS) is 11.5. The van der Waals surface area contributed by atoms with Gasteiger partial charge in [0.15, 0.2) is 0 Å². The molecule has 0 aliphatic heterocycles. The summed E-state index contributed by atoms with van der Waals surface area (Å²) in [6, 6.07) is 17.0. The van der Waals surface area contributed by atoms with Crippen LogP contribution in [0.5, 0.6) is 0 Å². The molecular formula is C22H32N2O2. The van der Waals surface area contributed by atoms with Crippen molar-refractivity contribution in [3.8, 4) is 11.1 Å². The number of ether oxygens (including phenoxy) is 2. The van der Waals surface area contributed by atoms with Gasteiger partial charge in [0.05, 0.1) is 26.4 Å². The first kappa shape index (κ1) is 20.6. The molecule has 0 heterocycles. The Balaban J connectivity index is 2.08. The molecule has 142 valence electrons. The van der Waals surface area contributed by atoms with Crippen LogP contribution in [0.4, 0.5) is 0 Å². The van der Waals surface area contributed by atoms with Gasteiger partial charge < -0.3 is 19.3 Å². The SMILES string of the molecule is CN(C)CCOCc1ccccc1-c1ccccc1COCCN(C)C. The number of benzene rings is 2. The highest BCUT2D eigenvalue weighted by Gasteiger charge is 2.09. The first-order chi connectivity index (χ1) is 12.6. The molecule has 0 fully saturated rings. The highest BCUT2D eigenvalue weighted by atomic mass is 16.5. The summed E-state index contributed by atoms with van der Waals surface area (Å²) in [5.74, 6) is 0. The van der Waals surface area contributed by atoms with Crippen LogP contribution in [0.2, 0.25) is 0 Å². The quantitative estimate of drug-likeness (QED) is 0.575. The van der Waals surface area contributed by atoms with Crippen molar-refractivity contribution in [2.45, 2.75) is 13.2 Å². The van der Waals surface area contributed by atoms with Crippen LogP contribution in [-0.2, 0) is 22.7 Å². The van der Waals surface area contributed by atoms with Crippen LogP contribution in [0.25, 0.3) is 11.1 Å². The van der Waals surface area contributed by atoms with Crippen LogP contribution in [-0.4, -0.2) is 64.3 Å². The van der Waals surface area contributed by atoms with Crippen LogP contribution in [0.1, 0.15) is 11.1 Å². The first-order valence-electron chi connectivity index (χ1n) is 9.19. The van der Waals surface area contributed by atoms with E-state index in [1.807, 2.05) is 0 Å². The van der Waals surface area contributed by atoms with E-state index < -0.39 is 0 Å². The second-order valence-electron chi connectivity index (χ2n) is 7.03. The molecule has 0 saturated carbocycles. The fourth-order valence-electron chi connectivity index (χ4n) is 2.68. The number of nitrogens with zero attached hydrogens (tertiary/aromatic N) is 2. The van der Waals surface area contributed by atoms with E-state index in [0.29, 0.717) is 13.2 Å². The lowest BCUT2D eigenvalue weighted by Gasteiger charge is -2.16. The molecule has 0 aromatic heterocycles. The van der Waals surface area contributed by atoms with Gasteiger partial charge in [-0.05, 0) is 50.4 Å². The maximum atomic E-state index is 5.88. The van der Waals surface area contributed by atoms with Crippen molar-refractivity contribution in [2.75, 3.05) is 54.5 Å². The van der Waals surface area contributed by atoms with Gasteiger partial charge in [0.1, 0.15) is 0 Å². The maximum Gasteiger partial charge on any atom is 0.0723 e. The van der Waals surface area contributed by atoms with Crippen molar-refractivity contribution >= 4 is 0 Å². The van der Waals surface area contributed by atoms with Gasteiger partial charge in [0.2, 0.25) is 0 Å². The standard InChI is InChI=1S/C22H32N2O2/c1-23(2)13-15-25-17-19-9-5-7-11-21(19)22-12-8-6-10-20(22)18-26-16-14-24(3)4/h5-12H,13-18H2,1-4H3. The van der Waals surface area contributed by atoms with Crippen molar-refractivity contribution in [3.63, 3.8) is 0 Å². The van der Waals surface area contributed by atoms with Crippen molar-refractivity contribution in [1.29, 1.82) is 0 Å². The van der Waals surface area contributed by atoms with Crippen molar-refractivity contribution < 1.29 is 9.47 Å². The lowest BCUT2D eigenvalue weighted by Crippen LogP contribution is -2.18. The van der Waals surface area contributed by atoms with Gasteiger partial charge in [-0.1, -0.05) is 48.5 Å². The maximum absolute atomic E-state index is 5.88. The summed E-state index contributed by atoms with van der Waals surface area (Å²) < 4.78 is 11.8. The van der Waals surface area contributed by atoms with Crippen LogP contribution in [0.15, 0.2) is 48.5 Å². The largest absolute Gasteiger partial charge is 0.375 e. The van der Waals surface area contributed by atoms with Crippen LogP contribution >= 0.6 is 0 Å². The highest BCUT2D eigenvalue weighted by Crippen LogP contribution is 2.28. The zero-order valence-electron chi connectivity index (χ0n) is 16.6. The molecule has 26 heavy (non-hydrogen) atoms. The summed E-state index contributed by atoms with van der Waals surface area (Å²) in [6.07, 6.45) is 0. The average Bonchev–Trinajstić information content (AvgIpc) is 2.63. The molecule has 0 aliphatic carbocycles. The van der Waals surface area contributed by atoms with Crippen LogP contribution in [0, 0.1) is 0 Å². The van der Waals surface area contributed by atoms with Crippen molar-refractivity contribution in [2.24, 2.45) is 0 Å². The molecule has 4 nitrogen and oxygen atoms in total. The molecule has 2 rings (SSSR count). The molecule has 0 saturated heterocycles. The molecule has 0 radical (unpaired) electrons. The van der Waals surface area contributed by atoms with Gasteiger partial charge in [-0.3, -0.25) is 0 Å². The van der Waals surface area contributed by atoms with Gasteiger partial charge >= 0.3 is 0 Å². The lowest BCUT2D eigenvalue weighted by atomic mass is 9.96. The van der Waals surface area contributed by atoms with E-state index in [9.17, 15) is 0 Å². The zero-order chi connectivity index (χ0) is 18.8. The molecule has 0 bridgehead atoms. The van der Waals surface area contributed by atoms with Crippen LogP contribution < -0.4 is 0 Å². The molecular weight excluding hydrogens is 324 g/mol. The Morgan fingerprint density at radius 2 is 1.00 bits per heavy atom. The van der Waals surface area contributed by atoms with E-state index in [-0.39, 0.29) is 0 Å². The molecule has 0 N–H and O–H groups in total. The Bertz CT molecular complexity index is 599. The molecule has 0 unspecified atom stereocenters. The van der Waals surface area contributed by atoms with Crippen molar-refractivity contribution in [1.82, 2.24) is 9.80 Å². The molecule has 2 aromatic rings. The number of likely N-dealkylation sites (N-methyl/N-ethyl adjacent to an activating group) is 2. The third-order valence-electron chi connectivity index (χ3n) is 4.21. The minimum absolute atomic E-state index is 0.625. The number of rotatable bonds is 11. The fraction of sp³-hybridized carbons (Fsp3) is 0.455. The summed E-state index contributed by atoms with van der Waals surface area (Å²) in [6.45, 7) is 4.57. The topological polar surface area (TPSA) is 24.9 Å². The Kier molecular flexibility index (Phi) is 8.78. The second-order valence-corrected chi connectivity index (χ2v) is 7.03. The first-order valence-corrected chi connectivity index (χ1v) is 9.19. The van der Waals surface area contributed by atoms with Crippen LogP contribution in [0.3, 0.4) is 0 Å². The number of hydrogen-bond acceptors (Lipinski definition) is 4. The zero-order valence-corrected chi connectivity index (χ0v) is 16.6. The lowest BCUT2D eigenvalue weighted by molar-refractivity contribution is 0.105. The minimum atomic E-state index is 0.625.